The molecule has 128 valence electrons. The van der Waals surface area contributed by atoms with Crippen molar-refractivity contribution in [3.63, 3.8) is 0 Å². The maximum absolute atomic E-state index is 12.7. The number of aryl methyl sites for hydroxylation is 1. The third kappa shape index (κ3) is 2.71. The minimum absolute atomic E-state index is 0.0530. The van der Waals surface area contributed by atoms with Crippen molar-refractivity contribution in [1.82, 2.24) is 9.13 Å². The number of aromatic nitrogens is 2. The van der Waals surface area contributed by atoms with E-state index in [0.717, 1.165) is 16.6 Å². The van der Waals surface area contributed by atoms with Crippen molar-refractivity contribution in [2.75, 3.05) is 0 Å². The molecular weight excluding hydrogens is 328 g/mol. The van der Waals surface area contributed by atoms with Crippen LogP contribution in [0, 0.1) is 5.41 Å². The summed E-state index contributed by atoms with van der Waals surface area (Å²) in [6.45, 7) is 7.18. The van der Waals surface area contributed by atoms with Gasteiger partial charge in [-0.1, -0.05) is 45.0 Å². The summed E-state index contributed by atoms with van der Waals surface area (Å²) in [6, 6.07) is 14.8. The van der Waals surface area contributed by atoms with Crippen molar-refractivity contribution in [2.24, 2.45) is 12.5 Å². The lowest BCUT2D eigenvalue weighted by Crippen LogP contribution is -2.27. The highest BCUT2D eigenvalue weighted by Gasteiger charge is 2.18. The minimum atomic E-state index is 0.0530. The molecule has 2 aromatic carbocycles. The van der Waals surface area contributed by atoms with E-state index >= 15 is 0 Å². The topological polar surface area (TPSA) is 26.9 Å². The van der Waals surface area contributed by atoms with Gasteiger partial charge in [-0.3, -0.25) is 9.13 Å². The molecule has 0 atom stereocenters. The Morgan fingerprint density at radius 3 is 2.56 bits per heavy atom. The molecule has 2 heterocycles. The second-order valence-corrected chi connectivity index (χ2v) is 8.75. The average molecular weight is 350 g/mol. The van der Waals surface area contributed by atoms with Crippen LogP contribution in [0.4, 0.5) is 0 Å². The van der Waals surface area contributed by atoms with Crippen LogP contribution in [0.2, 0.25) is 0 Å². The van der Waals surface area contributed by atoms with Crippen molar-refractivity contribution in [3.05, 3.63) is 58.3 Å². The maximum Gasteiger partial charge on any atom is 0.328 e. The van der Waals surface area contributed by atoms with E-state index in [1.54, 1.807) is 15.9 Å². The number of benzene rings is 2. The van der Waals surface area contributed by atoms with Gasteiger partial charge in [0.05, 0.1) is 11.0 Å². The highest BCUT2D eigenvalue weighted by atomic mass is 32.1. The zero-order valence-corrected chi connectivity index (χ0v) is 15.9. The Bertz CT molecular complexity index is 1140. The lowest BCUT2D eigenvalue weighted by atomic mass is 9.97. The smallest absolute Gasteiger partial charge is 0.295 e. The van der Waals surface area contributed by atoms with E-state index in [4.69, 9.17) is 0 Å². The Morgan fingerprint density at radius 2 is 1.80 bits per heavy atom. The molecule has 0 amide bonds. The van der Waals surface area contributed by atoms with Crippen molar-refractivity contribution < 1.29 is 0 Å². The summed E-state index contributed by atoms with van der Waals surface area (Å²) in [4.78, 5) is 12.7. The molecule has 0 unspecified atom stereocenters. The second kappa shape index (κ2) is 5.60. The normalized spacial score (nSPS) is 12.3. The summed E-state index contributed by atoms with van der Waals surface area (Å²) >= 11 is 1.76. The van der Waals surface area contributed by atoms with Crippen LogP contribution in [0.3, 0.4) is 0 Å². The third-order valence-electron chi connectivity index (χ3n) is 4.57. The summed E-state index contributed by atoms with van der Waals surface area (Å²) in [7, 11) is 1.86. The van der Waals surface area contributed by atoms with Crippen LogP contribution in [-0.2, 0) is 13.6 Å². The van der Waals surface area contributed by atoms with Crippen LogP contribution < -0.4 is 5.69 Å². The molecule has 0 aliphatic carbocycles. The maximum atomic E-state index is 12.7. The fraction of sp³-hybridized carbons (Fsp3) is 0.286. The molecule has 0 spiro atoms. The molecule has 0 saturated carbocycles. The van der Waals surface area contributed by atoms with Crippen LogP contribution in [0.1, 0.15) is 20.8 Å². The van der Waals surface area contributed by atoms with E-state index in [0.29, 0.717) is 6.54 Å². The Morgan fingerprint density at radius 1 is 1.04 bits per heavy atom. The molecule has 0 saturated heterocycles. The van der Waals surface area contributed by atoms with Gasteiger partial charge in [0.15, 0.2) is 0 Å². The second-order valence-electron chi connectivity index (χ2n) is 7.84. The lowest BCUT2D eigenvalue weighted by molar-refractivity contribution is 0.342. The molecular formula is C21H22N2OS. The number of rotatable bonds is 2. The van der Waals surface area contributed by atoms with E-state index in [1.165, 1.54) is 15.6 Å². The molecule has 0 fully saturated rings. The van der Waals surface area contributed by atoms with Crippen molar-refractivity contribution in [2.45, 2.75) is 27.3 Å². The van der Waals surface area contributed by atoms with Gasteiger partial charge in [-0.15, -0.1) is 11.3 Å². The number of imidazole rings is 1. The third-order valence-corrected chi connectivity index (χ3v) is 5.53. The first kappa shape index (κ1) is 16.2. The molecule has 25 heavy (non-hydrogen) atoms. The molecule has 3 nitrogen and oxygen atoms in total. The highest BCUT2D eigenvalue weighted by molar-refractivity contribution is 7.17. The SMILES string of the molecule is Cn1c(=O)n(CC(C)(C)C)c2ccc(-c3csc4ccccc34)cc21. The van der Waals surface area contributed by atoms with Gasteiger partial charge in [0.2, 0.25) is 0 Å². The minimum Gasteiger partial charge on any atom is -0.295 e. The number of fused-ring (bicyclic) bond motifs is 2. The molecule has 4 aromatic rings. The van der Waals surface area contributed by atoms with Crippen molar-refractivity contribution in [3.8, 4) is 11.1 Å². The van der Waals surface area contributed by atoms with Crippen LogP contribution in [0.15, 0.2) is 52.6 Å². The first-order valence-electron chi connectivity index (χ1n) is 8.51. The van der Waals surface area contributed by atoms with Gasteiger partial charge in [0.1, 0.15) is 0 Å². The molecule has 2 aromatic heterocycles. The van der Waals surface area contributed by atoms with E-state index in [-0.39, 0.29) is 11.1 Å². The van der Waals surface area contributed by atoms with Crippen molar-refractivity contribution >= 4 is 32.5 Å². The zero-order chi connectivity index (χ0) is 17.8. The van der Waals surface area contributed by atoms with Gasteiger partial charge in [0, 0.05) is 29.2 Å². The van der Waals surface area contributed by atoms with E-state index in [1.807, 2.05) is 11.6 Å². The molecule has 0 aliphatic rings. The van der Waals surface area contributed by atoms with Gasteiger partial charge in [-0.25, -0.2) is 4.79 Å². The molecule has 0 aliphatic heterocycles. The van der Waals surface area contributed by atoms with Gasteiger partial charge in [-0.05, 0) is 34.6 Å². The fourth-order valence-corrected chi connectivity index (χ4v) is 4.37. The number of nitrogens with zero attached hydrogens (tertiary/aromatic N) is 2. The predicted octanol–water partition coefficient (Wildman–Crippen LogP) is 5.27. The molecule has 0 N–H and O–H groups in total. The van der Waals surface area contributed by atoms with Gasteiger partial charge in [-0.2, -0.15) is 0 Å². The van der Waals surface area contributed by atoms with Crippen LogP contribution in [0.25, 0.3) is 32.2 Å². The number of hydrogen-bond donors (Lipinski definition) is 0. The van der Waals surface area contributed by atoms with Gasteiger partial charge in [0.25, 0.3) is 0 Å². The number of thiophene rings is 1. The van der Waals surface area contributed by atoms with E-state index < -0.39 is 0 Å². The molecule has 4 rings (SSSR count). The summed E-state index contributed by atoms with van der Waals surface area (Å²) < 4.78 is 4.95. The lowest BCUT2D eigenvalue weighted by Gasteiger charge is -2.18. The van der Waals surface area contributed by atoms with E-state index in [2.05, 4.69) is 68.6 Å². The molecule has 0 radical (unpaired) electrons. The van der Waals surface area contributed by atoms with Crippen LogP contribution in [-0.4, -0.2) is 9.13 Å². The van der Waals surface area contributed by atoms with Crippen molar-refractivity contribution in [1.29, 1.82) is 0 Å². The first-order valence-corrected chi connectivity index (χ1v) is 9.39. The summed E-state index contributed by atoms with van der Waals surface area (Å²) in [6.07, 6.45) is 0. The summed E-state index contributed by atoms with van der Waals surface area (Å²) in [5.41, 5.74) is 4.50. The largest absolute Gasteiger partial charge is 0.328 e. The van der Waals surface area contributed by atoms with Crippen LogP contribution in [0.5, 0.6) is 0 Å². The molecule has 4 heteroatoms. The quantitative estimate of drug-likeness (QED) is 0.484. The van der Waals surface area contributed by atoms with Gasteiger partial charge >= 0.3 is 5.69 Å². The fourth-order valence-electron chi connectivity index (χ4n) is 3.40. The first-order chi connectivity index (χ1) is 11.8. The standard InChI is InChI=1S/C21H22N2OS/c1-21(2,3)13-23-17-10-9-14(11-18(17)22(4)20(23)24)16-12-25-19-8-6-5-7-15(16)19/h5-12H,13H2,1-4H3. The summed E-state index contributed by atoms with van der Waals surface area (Å²) in [5.74, 6) is 0. The Balaban J connectivity index is 1.92. The van der Waals surface area contributed by atoms with Crippen LogP contribution >= 0.6 is 11.3 Å². The Labute approximate surface area is 151 Å². The summed E-state index contributed by atoms with van der Waals surface area (Å²) in [5, 5.41) is 3.47. The monoisotopic (exact) mass is 350 g/mol. The zero-order valence-electron chi connectivity index (χ0n) is 15.0. The number of hydrogen-bond acceptors (Lipinski definition) is 2. The molecule has 0 bridgehead atoms. The average Bonchev–Trinajstić information content (AvgIpc) is 3.09. The van der Waals surface area contributed by atoms with E-state index in [9.17, 15) is 4.79 Å². The predicted molar refractivity (Wildman–Crippen MR) is 107 cm³/mol. The Hall–Kier alpha value is -2.33. The van der Waals surface area contributed by atoms with Gasteiger partial charge < -0.3 is 0 Å². The Kier molecular flexibility index (Phi) is 3.62. The highest BCUT2D eigenvalue weighted by Crippen LogP contribution is 2.35.